The maximum atomic E-state index is 13.1. The molecule has 0 aliphatic heterocycles. The number of aliphatic hydroxyl groups excluding tert-OH is 1. The lowest BCUT2D eigenvalue weighted by Gasteiger charge is -2.21. The van der Waals surface area contributed by atoms with Gasteiger partial charge in [0.1, 0.15) is 19.3 Å². The number of ether oxygens (including phenoxy) is 4. The highest BCUT2D eigenvalue weighted by molar-refractivity contribution is 7.47. The summed E-state index contributed by atoms with van der Waals surface area (Å²) < 4.78 is 68.5. The molecule has 0 saturated heterocycles. The number of unbranched alkanes of at least 4 members (excludes halogenated alkanes) is 38. The number of carbonyl (C=O) groups excluding carboxylic acids is 4. The minimum Gasteiger partial charge on any atom is -0.462 e. The van der Waals surface area contributed by atoms with Gasteiger partial charge in [0.25, 0.3) is 0 Å². The predicted molar refractivity (Wildman–Crippen MR) is 409 cm³/mol. The van der Waals surface area contributed by atoms with Crippen molar-refractivity contribution < 1.29 is 80.2 Å². The fraction of sp³-hybridized carbons (Fsp3) is 0.802. The molecule has 0 saturated carbocycles. The summed E-state index contributed by atoms with van der Waals surface area (Å²) in [5.74, 6) is -2.22. The maximum absolute atomic E-state index is 13.1. The summed E-state index contributed by atoms with van der Waals surface area (Å²) in [6.45, 7) is 4.81. The summed E-state index contributed by atoms with van der Waals surface area (Å²) >= 11 is 0. The van der Waals surface area contributed by atoms with Gasteiger partial charge in [-0.25, -0.2) is 9.13 Å². The van der Waals surface area contributed by atoms with Crippen molar-refractivity contribution in [2.24, 2.45) is 0 Å². The summed E-state index contributed by atoms with van der Waals surface area (Å²) in [4.78, 5) is 72.9. The number of aliphatic hydroxyl groups is 1. The molecule has 0 aromatic carbocycles. The molecule has 0 spiro atoms. The van der Waals surface area contributed by atoms with Gasteiger partial charge in [0.15, 0.2) is 12.2 Å². The molecular weight excluding hydrogens is 1310 g/mol. The highest BCUT2D eigenvalue weighted by atomic mass is 31.2. The van der Waals surface area contributed by atoms with Crippen LogP contribution in [0.15, 0.2) is 72.9 Å². The van der Waals surface area contributed by atoms with Crippen LogP contribution in [0.25, 0.3) is 0 Å². The molecule has 17 nitrogen and oxygen atoms in total. The van der Waals surface area contributed by atoms with Gasteiger partial charge in [-0.3, -0.25) is 37.3 Å². The van der Waals surface area contributed by atoms with Gasteiger partial charge in [0, 0.05) is 25.7 Å². The van der Waals surface area contributed by atoms with Crippen molar-refractivity contribution in [3.05, 3.63) is 72.9 Å². The number of phosphoric acid groups is 2. The smallest absolute Gasteiger partial charge is 0.462 e. The molecule has 0 amide bonds. The number of carbonyl (C=O) groups is 4. The Balaban J connectivity index is 5.38. The van der Waals surface area contributed by atoms with Crippen LogP contribution in [0.1, 0.15) is 362 Å². The van der Waals surface area contributed by atoms with E-state index in [0.29, 0.717) is 32.1 Å². The van der Waals surface area contributed by atoms with Crippen molar-refractivity contribution in [2.75, 3.05) is 39.6 Å². The van der Waals surface area contributed by atoms with Crippen LogP contribution < -0.4 is 0 Å². The average molecular weight is 1450 g/mol. The Morgan fingerprint density at radius 1 is 0.280 bits per heavy atom. The van der Waals surface area contributed by atoms with Gasteiger partial charge in [-0.05, 0) is 96.3 Å². The number of rotatable bonds is 76. The van der Waals surface area contributed by atoms with E-state index in [1.165, 1.54) is 161 Å². The molecule has 0 radical (unpaired) electrons. The molecule has 5 atom stereocenters. The predicted octanol–water partition coefficient (Wildman–Crippen LogP) is 23.2. The van der Waals surface area contributed by atoms with Crippen LogP contribution in [0.2, 0.25) is 0 Å². The van der Waals surface area contributed by atoms with E-state index in [9.17, 15) is 43.2 Å². The minimum absolute atomic E-state index is 0.0233. The Kier molecular flexibility index (Phi) is 71.2. The Morgan fingerprint density at radius 3 is 0.810 bits per heavy atom. The molecule has 0 aliphatic rings. The fourth-order valence-electron chi connectivity index (χ4n) is 11.0. The number of allylic oxidation sites excluding steroid dienone is 12. The number of phosphoric ester groups is 2. The van der Waals surface area contributed by atoms with Crippen molar-refractivity contribution >= 4 is 39.5 Å². The van der Waals surface area contributed by atoms with Crippen molar-refractivity contribution in [1.82, 2.24) is 0 Å². The molecule has 19 heteroatoms. The topological polar surface area (TPSA) is 237 Å². The molecular formula is C81H146O17P2. The van der Waals surface area contributed by atoms with Gasteiger partial charge < -0.3 is 33.8 Å². The van der Waals surface area contributed by atoms with Crippen LogP contribution in [0, 0.1) is 0 Å². The molecule has 582 valence electrons. The molecule has 0 aliphatic carbocycles. The summed E-state index contributed by atoms with van der Waals surface area (Å²) in [5, 5.41) is 10.6. The van der Waals surface area contributed by atoms with Gasteiger partial charge in [-0.1, -0.05) is 312 Å². The molecule has 2 unspecified atom stereocenters. The van der Waals surface area contributed by atoms with Crippen LogP contribution in [-0.2, 0) is 65.4 Å². The lowest BCUT2D eigenvalue weighted by atomic mass is 10.0. The van der Waals surface area contributed by atoms with E-state index in [1.807, 2.05) is 12.2 Å². The largest absolute Gasteiger partial charge is 0.472 e. The third kappa shape index (κ3) is 72.8. The molecule has 100 heavy (non-hydrogen) atoms. The second kappa shape index (κ2) is 73.8. The van der Waals surface area contributed by atoms with E-state index in [-0.39, 0.29) is 25.7 Å². The average Bonchev–Trinajstić information content (AvgIpc) is 0.962. The minimum atomic E-state index is -4.98. The second-order valence-corrected chi connectivity index (χ2v) is 29.9. The van der Waals surface area contributed by atoms with Gasteiger partial charge in [-0.2, -0.15) is 0 Å². The Bertz CT molecular complexity index is 2180. The summed E-state index contributed by atoms with van der Waals surface area (Å²) in [7, 11) is -9.96. The highest BCUT2D eigenvalue weighted by Crippen LogP contribution is 2.45. The number of hydrogen-bond donors (Lipinski definition) is 3. The standard InChI is InChI=1S/C81H146O17P2/c1-5-9-13-17-21-25-29-33-36-37-40-44-48-52-56-60-64-68-81(86)98-77(72-92-79(84)66-62-58-54-50-46-43-39-35-31-27-23-19-15-11-7-3)74-96-100(89,90)94-70-75(82)69-93-99(87,88)95-73-76(97-80(85)67-63-59-55-51-47-41-32-28-24-20-16-12-8-4)71-91-78(83)65-61-57-53-49-45-42-38-34-30-26-22-18-14-10-6-2/h21-22,25-26,33-34,36,38,40,44,52,56,75-77,82H,5-20,23-24,27-32,35,37,39,41-43,45-51,53-55,57-74H2,1-4H3,(H,87,88)(H,89,90)/b25-21-,26-22-,36-33-,38-34-,44-40-,56-52-/t75-,76-,77-/m1/s1. The van der Waals surface area contributed by atoms with Gasteiger partial charge in [0.05, 0.1) is 26.4 Å². The Labute approximate surface area is 609 Å². The van der Waals surface area contributed by atoms with E-state index < -0.39 is 97.5 Å². The van der Waals surface area contributed by atoms with Crippen molar-refractivity contribution in [3.63, 3.8) is 0 Å². The molecule has 0 fully saturated rings. The van der Waals surface area contributed by atoms with Crippen LogP contribution in [0.4, 0.5) is 0 Å². The quantitative estimate of drug-likeness (QED) is 0.0169. The van der Waals surface area contributed by atoms with E-state index >= 15 is 0 Å². The maximum Gasteiger partial charge on any atom is 0.472 e. The summed E-state index contributed by atoms with van der Waals surface area (Å²) in [6, 6.07) is 0. The number of esters is 4. The molecule has 0 aromatic heterocycles. The van der Waals surface area contributed by atoms with E-state index in [2.05, 4.69) is 88.5 Å². The normalized spacial score (nSPS) is 14.3. The van der Waals surface area contributed by atoms with Crippen molar-refractivity contribution in [2.45, 2.75) is 380 Å². The van der Waals surface area contributed by atoms with Gasteiger partial charge >= 0.3 is 39.5 Å². The highest BCUT2D eigenvalue weighted by Gasteiger charge is 2.30. The van der Waals surface area contributed by atoms with Gasteiger partial charge in [-0.15, -0.1) is 0 Å². The molecule has 3 N–H and O–H groups in total. The first-order valence-corrected chi connectivity index (χ1v) is 43.2. The first-order valence-electron chi connectivity index (χ1n) is 40.2. The zero-order chi connectivity index (χ0) is 73.2. The zero-order valence-electron chi connectivity index (χ0n) is 63.6. The molecule has 0 bridgehead atoms. The first-order chi connectivity index (χ1) is 48.7. The summed E-state index contributed by atoms with van der Waals surface area (Å²) in [5.41, 5.74) is 0. The van der Waals surface area contributed by atoms with E-state index in [0.717, 1.165) is 116 Å². The molecule has 0 rings (SSSR count). The molecule has 0 aromatic rings. The van der Waals surface area contributed by atoms with Crippen LogP contribution >= 0.6 is 15.6 Å². The Hall–Kier alpha value is -3.50. The molecule has 0 heterocycles. The fourth-order valence-corrected chi connectivity index (χ4v) is 12.6. The van der Waals surface area contributed by atoms with Crippen molar-refractivity contribution in [3.8, 4) is 0 Å². The van der Waals surface area contributed by atoms with Crippen LogP contribution in [0.5, 0.6) is 0 Å². The second-order valence-electron chi connectivity index (χ2n) is 27.0. The monoisotopic (exact) mass is 1450 g/mol. The lowest BCUT2D eigenvalue weighted by Crippen LogP contribution is -2.30. The van der Waals surface area contributed by atoms with Crippen LogP contribution in [-0.4, -0.2) is 96.7 Å². The summed E-state index contributed by atoms with van der Waals surface area (Å²) in [6.07, 6.45) is 74.5. The Morgan fingerprint density at radius 2 is 0.500 bits per heavy atom. The third-order valence-corrected chi connectivity index (χ3v) is 19.1. The number of hydrogen-bond acceptors (Lipinski definition) is 15. The first kappa shape index (κ1) is 96.5. The van der Waals surface area contributed by atoms with Crippen LogP contribution in [0.3, 0.4) is 0 Å². The third-order valence-electron chi connectivity index (χ3n) is 17.2. The van der Waals surface area contributed by atoms with Crippen molar-refractivity contribution in [1.29, 1.82) is 0 Å². The lowest BCUT2D eigenvalue weighted by molar-refractivity contribution is -0.161. The SMILES string of the molecule is CCCCC/C=C\C/C=C\C/C=C\C/C=C\CCCC(=O)O[C@H](COC(=O)CCCCCCCCCCCCCCCCC)COP(=O)(O)OC[C@H](O)COP(=O)(O)OC[C@@H](COC(=O)CCCCCCC/C=C\C/C=C\CCCCC)OC(=O)CCCCCCCCCCCCCCC. The van der Waals surface area contributed by atoms with E-state index in [1.54, 1.807) is 0 Å². The van der Waals surface area contributed by atoms with Gasteiger partial charge in [0.2, 0.25) is 0 Å². The van der Waals surface area contributed by atoms with E-state index in [4.69, 9.17) is 37.0 Å². The zero-order valence-corrected chi connectivity index (χ0v) is 65.4.